The van der Waals surface area contributed by atoms with Crippen molar-refractivity contribution >= 4 is 17.4 Å². The van der Waals surface area contributed by atoms with Gasteiger partial charge < -0.3 is 10.2 Å². The van der Waals surface area contributed by atoms with E-state index in [2.05, 4.69) is 56.7 Å². The number of nitrogens with zero attached hydrogens (tertiary/aromatic N) is 5. The Balaban J connectivity index is 1.39. The Morgan fingerprint density at radius 3 is 2.92 bits per heavy atom. The van der Waals surface area contributed by atoms with Gasteiger partial charge in [0, 0.05) is 19.6 Å². The molecule has 1 fully saturated rings. The second-order valence-corrected chi connectivity index (χ2v) is 6.81. The Kier molecular flexibility index (Phi) is 4.51. The van der Waals surface area contributed by atoms with Crippen LogP contribution in [-0.2, 0) is 11.3 Å². The van der Waals surface area contributed by atoms with E-state index in [1.807, 2.05) is 12.1 Å². The average Bonchev–Trinajstić information content (AvgIpc) is 3.15. The van der Waals surface area contributed by atoms with E-state index in [0.717, 1.165) is 36.4 Å². The Bertz CT molecular complexity index is 904. The number of aromatic nitrogens is 4. The zero-order valence-corrected chi connectivity index (χ0v) is 14.8. The molecule has 1 aromatic carbocycles. The number of fused-ring (bicyclic) bond motifs is 1. The molecule has 0 bridgehead atoms. The number of aryl methyl sites for hydroxylation is 1. The summed E-state index contributed by atoms with van der Waals surface area (Å²) in [7, 11) is 0. The van der Waals surface area contributed by atoms with Crippen LogP contribution >= 0.6 is 0 Å². The summed E-state index contributed by atoms with van der Waals surface area (Å²) >= 11 is 0. The Morgan fingerprint density at radius 1 is 1.23 bits per heavy atom. The fourth-order valence-electron chi connectivity index (χ4n) is 3.33. The molecule has 1 atom stereocenters. The first-order chi connectivity index (χ1) is 12.7. The number of hydrogen-bond acceptors (Lipinski definition) is 5. The van der Waals surface area contributed by atoms with E-state index < -0.39 is 0 Å². The van der Waals surface area contributed by atoms with Gasteiger partial charge in [0.05, 0.1) is 5.92 Å². The zero-order valence-electron chi connectivity index (χ0n) is 14.8. The van der Waals surface area contributed by atoms with Crippen LogP contribution in [0.1, 0.15) is 24.0 Å². The van der Waals surface area contributed by atoms with Gasteiger partial charge >= 0.3 is 0 Å². The van der Waals surface area contributed by atoms with Crippen molar-refractivity contribution in [2.24, 2.45) is 5.92 Å². The molecule has 1 saturated heterocycles. The van der Waals surface area contributed by atoms with Gasteiger partial charge in [-0.2, -0.15) is 4.52 Å². The van der Waals surface area contributed by atoms with E-state index in [-0.39, 0.29) is 11.8 Å². The lowest BCUT2D eigenvalue weighted by molar-refractivity contribution is -0.125. The molecule has 3 aromatic rings. The molecule has 1 N–H and O–H groups in total. The lowest BCUT2D eigenvalue weighted by Crippen LogP contribution is -2.43. The van der Waals surface area contributed by atoms with E-state index in [1.54, 1.807) is 10.8 Å². The topological polar surface area (TPSA) is 75.4 Å². The highest BCUT2D eigenvalue weighted by Gasteiger charge is 2.26. The lowest BCUT2D eigenvalue weighted by atomic mass is 9.97. The Morgan fingerprint density at radius 2 is 2.08 bits per heavy atom. The molecule has 0 radical (unpaired) electrons. The molecule has 7 nitrogen and oxygen atoms in total. The van der Waals surface area contributed by atoms with Crippen LogP contribution in [-0.4, -0.2) is 38.8 Å². The van der Waals surface area contributed by atoms with E-state index in [1.165, 1.54) is 5.56 Å². The van der Waals surface area contributed by atoms with Gasteiger partial charge in [-0.1, -0.05) is 29.8 Å². The minimum Gasteiger partial charge on any atom is -0.354 e. The third-order valence-corrected chi connectivity index (χ3v) is 4.85. The molecule has 1 aliphatic rings. The maximum atomic E-state index is 12.6. The average molecular weight is 350 g/mol. The monoisotopic (exact) mass is 350 g/mol. The highest BCUT2D eigenvalue weighted by molar-refractivity contribution is 5.79. The summed E-state index contributed by atoms with van der Waals surface area (Å²) in [5.74, 6) is 0.946. The van der Waals surface area contributed by atoms with Crippen LogP contribution < -0.4 is 10.2 Å². The third kappa shape index (κ3) is 3.51. The summed E-state index contributed by atoms with van der Waals surface area (Å²) in [5, 5.41) is 15.4. The molecule has 0 saturated carbocycles. The van der Waals surface area contributed by atoms with Gasteiger partial charge in [-0.05, 0) is 37.5 Å². The predicted molar refractivity (Wildman–Crippen MR) is 98.7 cm³/mol. The summed E-state index contributed by atoms with van der Waals surface area (Å²) in [5.41, 5.74) is 3.06. The third-order valence-electron chi connectivity index (χ3n) is 4.85. The number of nitrogens with one attached hydrogen (secondary N) is 1. The fourth-order valence-corrected chi connectivity index (χ4v) is 3.33. The normalized spacial score (nSPS) is 17.4. The predicted octanol–water partition coefficient (Wildman–Crippen LogP) is 1.97. The maximum absolute atomic E-state index is 12.6. The van der Waals surface area contributed by atoms with Gasteiger partial charge in [0.15, 0.2) is 5.65 Å². The maximum Gasteiger partial charge on any atom is 0.225 e. The highest BCUT2D eigenvalue weighted by Crippen LogP contribution is 2.22. The van der Waals surface area contributed by atoms with Crippen molar-refractivity contribution in [3.8, 4) is 0 Å². The number of carbonyl (C=O) groups is 1. The molecule has 1 aliphatic heterocycles. The number of benzene rings is 1. The van der Waals surface area contributed by atoms with Crippen molar-refractivity contribution in [1.82, 2.24) is 25.1 Å². The number of rotatable bonds is 4. The molecule has 4 rings (SSSR count). The summed E-state index contributed by atoms with van der Waals surface area (Å²) in [6.07, 6.45) is 3.48. The molecule has 1 unspecified atom stereocenters. The van der Waals surface area contributed by atoms with E-state index in [4.69, 9.17) is 0 Å². The molecular weight excluding hydrogens is 328 g/mol. The lowest BCUT2D eigenvalue weighted by Gasteiger charge is -2.32. The Labute approximate surface area is 152 Å². The standard InChI is InChI=1S/C19H22N6O/c1-14-4-6-15(7-5-14)11-20-19(26)16-3-2-10-24(12-16)18-9-8-17-22-21-13-25(17)23-18/h4-9,13,16H,2-3,10-12H2,1H3,(H,20,26). The van der Waals surface area contributed by atoms with Gasteiger partial charge in [-0.15, -0.1) is 15.3 Å². The highest BCUT2D eigenvalue weighted by atomic mass is 16.1. The summed E-state index contributed by atoms with van der Waals surface area (Å²) < 4.78 is 1.66. The smallest absolute Gasteiger partial charge is 0.225 e. The number of hydrogen-bond donors (Lipinski definition) is 1. The van der Waals surface area contributed by atoms with Crippen LogP contribution in [0.25, 0.3) is 5.65 Å². The molecule has 7 heteroatoms. The second-order valence-electron chi connectivity index (χ2n) is 6.81. The van der Waals surface area contributed by atoms with E-state index >= 15 is 0 Å². The van der Waals surface area contributed by atoms with Crippen molar-refractivity contribution in [2.75, 3.05) is 18.0 Å². The summed E-state index contributed by atoms with van der Waals surface area (Å²) in [6, 6.07) is 12.1. The van der Waals surface area contributed by atoms with Crippen LogP contribution in [0, 0.1) is 12.8 Å². The van der Waals surface area contributed by atoms with Gasteiger partial charge in [0.2, 0.25) is 5.91 Å². The van der Waals surface area contributed by atoms with Crippen molar-refractivity contribution in [3.05, 3.63) is 53.9 Å². The van der Waals surface area contributed by atoms with Crippen molar-refractivity contribution in [1.29, 1.82) is 0 Å². The largest absolute Gasteiger partial charge is 0.354 e. The fraction of sp³-hybridized carbons (Fsp3) is 0.368. The summed E-state index contributed by atoms with van der Waals surface area (Å²) in [4.78, 5) is 14.8. The van der Waals surface area contributed by atoms with Crippen molar-refractivity contribution in [3.63, 3.8) is 0 Å². The van der Waals surface area contributed by atoms with Crippen LogP contribution in [0.4, 0.5) is 5.82 Å². The molecule has 2 aromatic heterocycles. The van der Waals surface area contributed by atoms with Gasteiger partial charge in [-0.25, -0.2) is 0 Å². The first kappa shape index (κ1) is 16.5. The van der Waals surface area contributed by atoms with Crippen LogP contribution in [0.5, 0.6) is 0 Å². The minimum absolute atomic E-state index is 0.0207. The number of piperidine rings is 1. The Hall–Kier alpha value is -2.96. The van der Waals surface area contributed by atoms with E-state index in [0.29, 0.717) is 13.1 Å². The molecule has 3 heterocycles. The quantitative estimate of drug-likeness (QED) is 0.778. The molecule has 0 aliphatic carbocycles. The van der Waals surface area contributed by atoms with Crippen LogP contribution in [0.3, 0.4) is 0 Å². The van der Waals surface area contributed by atoms with Crippen molar-refractivity contribution in [2.45, 2.75) is 26.3 Å². The van der Waals surface area contributed by atoms with Gasteiger partial charge in [-0.3, -0.25) is 4.79 Å². The first-order valence-corrected chi connectivity index (χ1v) is 8.94. The minimum atomic E-state index is -0.0207. The first-order valence-electron chi connectivity index (χ1n) is 8.94. The second kappa shape index (κ2) is 7.11. The molecule has 0 spiro atoms. The number of amides is 1. The molecule has 1 amide bonds. The van der Waals surface area contributed by atoms with Gasteiger partial charge in [0.1, 0.15) is 12.1 Å². The van der Waals surface area contributed by atoms with Crippen molar-refractivity contribution < 1.29 is 4.79 Å². The summed E-state index contributed by atoms with van der Waals surface area (Å²) in [6.45, 7) is 4.22. The van der Waals surface area contributed by atoms with E-state index in [9.17, 15) is 4.79 Å². The number of carbonyl (C=O) groups excluding carboxylic acids is 1. The molecular formula is C19H22N6O. The van der Waals surface area contributed by atoms with Crippen LogP contribution in [0.2, 0.25) is 0 Å². The van der Waals surface area contributed by atoms with Gasteiger partial charge in [0.25, 0.3) is 0 Å². The SMILES string of the molecule is Cc1ccc(CNC(=O)C2CCCN(c3ccc4nncn4n3)C2)cc1. The number of anilines is 1. The molecule has 134 valence electrons. The molecule has 26 heavy (non-hydrogen) atoms. The van der Waals surface area contributed by atoms with Crippen LogP contribution in [0.15, 0.2) is 42.7 Å². The zero-order chi connectivity index (χ0) is 17.9.